The van der Waals surface area contributed by atoms with Crippen LogP contribution in [0.3, 0.4) is 0 Å². The maximum absolute atomic E-state index is 7.19. The lowest BCUT2D eigenvalue weighted by atomic mass is 10.0. The van der Waals surface area contributed by atoms with Crippen molar-refractivity contribution < 1.29 is 8.85 Å². The first-order chi connectivity index (χ1) is 18.1. The summed E-state index contributed by atoms with van der Waals surface area (Å²) in [6, 6.07) is 0. The molecule has 1 fully saturated rings. The van der Waals surface area contributed by atoms with Crippen LogP contribution in [-0.2, 0) is 8.85 Å². The summed E-state index contributed by atoms with van der Waals surface area (Å²) >= 11 is 4.34. The summed E-state index contributed by atoms with van der Waals surface area (Å²) < 4.78 is 15.0. The Balaban J connectivity index is 2.77. The fourth-order valence-corrected chi connectivity index (χ4v) is 10.6. The molecule has 1 heterocycles. The molecule has 0 saturated carbocycles. The van der Waals surface area contributed by atoms with Gasteiger partial charge in [0, 0.05) is 12.2 Å². The summed E-state index contributed by atoms with van der Waals surface area (Å²) in [5.74, 6) is 2.63. The Morgan fingerprint density at radius 3 is 1.49 bits per heavy atom. The quantitative estimate of drug-likeness (QED) is 0.0997. The molecule has 0 aromatic carbocycles. The van der Waals surface area contributed by atoms with E-state index in [2.05, 4.69) is 98.2 Å². The molecule has 0 spiro atoms. The zero-order valence-corrected chi connectivity index (χ0v) is 32.0. The Kier molecular flexibility index (Phi) is 18.2. The van der Waals surface area contributed by atoms with Gasteiger partial charge in [0.25, 0.3) is 0 Å². The molecule has 0 aliphatic carbocycles. The zero-order valence-electron chi connectivity index (χ0n) is 28.4. The van der Waals surface area contributed by atoms with Gasteiger partial charge < -0.3 is 8.85 Å². The highest BCUT2D eigenvalue weighted by Crippen LogP contribution is 2.42. The first-order valence-corrected chi connectivity index (χ1v) is 24.6. The van der Waals surface area contributed by atoms with Crippen molar-refractivity contribution in [1.29, 1.82) is 0 Å². The molecule has 1 rings (SSSR count). The zero-order chi connectivity index (χ0) is 29.6. The van der Waals surface area contributed by atoms with Gasteiger partial charge in [-0.3, -0.25) is 0 Å². The molecule has 0 radical (unpaired) electrons. The van der Waals surface area contributed by atoms with Crippen molar-refractivity contribution in [2.24, 2.45) is 0 Å². The smallest absolute Gasteiger partial charge is 0.192 e. The van der Waals surface area contributed by atoms with Gasteiger partial charge in [0.1, 0.15) is 0 Å². The van der Waals surface area contributed by atoms with Crippen molar-refractivity contribution >= 4 is 40.2 Å². The lowest BCUT2D eigenvalue weighted by Crippen LogP contribution is -2.47. The van der Waals surface area contributed by atoms with Gasteiger partial charge in [-0.05, 0) is 73.5 Å². The first kappa shape index (κ1) is 38.1. The van der Waals surface area contributed by atoms with Crippen LogP contribution in [0.25, 0.3) is 0 Å². The fourth-order valence-electron chi connectivity index (χ4n) is 4.82. The topological polar surface area (TPSA) is 18.5 Å². The van der Waals surface area contributed by atoms with Gasteiger partial charge in [0.05, 0.1) is 4.58 Å². The molecule has 1 aliphatic rings. The highest BCUT2D eigenvalue weighted by molar-refractivity contribution is 8.17. The number of hydrogen-bond acceptors (Lipinski definition) is 4. The molecule has 0 amide bonds. The van der Waals surface area contributed by atoms with Crippen LogP contribution in [0.1, 0.15) is 145 Å². The average Bonchev–Trinajstić information content (AvgIpc) is 2.81. The van der Waals surface area contributed by atoms with E-state index in [-0.39, 0.29) is 10.1 Å². The van der Waals surface area contributed by atoms with Crippen LogP contribution >= 0.6 is 23.5 Å². The Hall–Kier alpha value is 1.05. The van der Waals surface area contributed by atoms with Gasteiger partial charge in [-0.1, -0.05) is 119 Å². The van der Waals surface area contributed by atoms with Gasteiger partial charge in [0.2, 0.25) is 0 Å². The van der Waals surface area contributed by atoms with E-state index in [0.717, 1.165) is 6.42 Å². The summed E-state index contributed by atoms with van der Waals surface area (Å²) in [7, 11) is -3.68. The number of hydrogen-bond donors (Lipinski definition) is 0. The molecule has 6 heteroatoms. The Morgan fingerprint density at radius 2 is 1.05 bits per heavy atom. The van der Waals surface area contributed by atoms with Gasteiger partial charge >= 0.3 is 0 Å². The normalized spacial score (nSPS) is 17.9. The fraction of sp³-hybridized carbons (Fsp3) is 1.00. The monoisotopic (exact) mass is 618 g/mol. The van der Waals surface area contributed by atoms with Crippen LogP contribution in [0.15, 0.2) is 0 Å². The number of thioether (sulfide) groups is 2. The van der Waals surface area contributed by atoms with Crippen molar-refractivity contribution in [1.82, 2.24) is 0 Å². The van der Waals surface area contributed by atoms with Crippen LogP contribution in [0.5, 0.6) is 0 Å². The molecule has 2 atom stereocenters. The predicted molar refractivity (Wildman–Crippen MR) is 188 cm³/mol. The van der Waals surface area contributed by atoms with Gasteiger partial charge in [-0.2, -0.15) is 0 Å². The van der Waals surface area contributed by atoms with Gasteiger partial charge in [-0.25, -0.2) is 0 Å². The van der Waals surface area contributed by atoms with Crippen LogP contribution in [0.4, 0.5) is 0 Å². The second-order valence-electron chi connectivity index (χ2n) is 15.3. The molecule has 1 aliphatic heterocycles. The van der Waals surface area contributed by atoms with E-state index in [1.54, 1.807) is 0 Å². The van der Waals surface area contributed by atoms with E-state index in [1.807, 2.05) is 0 Å². The lowest BCUT2D eigenvalue weighted by Gasteiger charge is -2.43. The molecule has 1 saturated heterocycles. The maximum Gasteiger partial charge on any atom is 0.192 e. The molecular formula is C33H70O2S2Si2. The van der Waals surface area contributed by atoms with Crippen molar-refractivity contribution in [3.05, 3.63) is 0 Å². The van der Waals surface area contributed by atoms with Crippen molar-refractivity contribution in [3.8, 4) is 0 Å². The molecule has 0 N–H and O–H groups in total. The maximum atomic E-state index is 7.19. The van der Waals surface area contributed by atoms with E-state index < -0.39 is 16.6 Å². The van der Waals surface area contributed by atoms with E-state index >= 15 is 0 Å². The third-order valence-electron chi connectivity index (χ3n) is 9.54. The Bertz CT molecular complexity index is 622. The summed E-state index contributed by atoms with van der Waals surface area (Å²) in [4.78, 5) is 0. The minimum Gasteiger partial charge on any atom is -0.414 e. The van der Waals surface area contributed by atoms with Gasteiger partial charge in [0.15, 0.2) is 16.6 Å². The molecule has 0 aromatic heterocycles. The standard InChI is InChI=1S/C33H70O2S2Si2/c1-12-13-14-15-16-17-18-19-20-21-22-24-29(34-38(8,9)32(2,3)4)27-30(28-31-36-25-23-26-37-31)35-39(10,11)33(5,6)7/h29-31H,12-28H2,1-11H3/t29-,30-/m1/s1. The number of rotatable bonds is 20. The van der Waals surface area contributed by atoms with Crippen molar-refractivity contribution in [2.45, 2.75) is 198 Å². The molecule has 2 nitrogen and oxygen atoms in total. The highest BCUT2D eigenvalue weighted by atomic mass is 32.2. The minimum absolute atomic E-state index is 0.240. The van der Waals surface area contributed by atoms with E-state index in [4.69, 9.17) is 8.85 Å². The lowest BCUT2D eigenvalue weighted by molar-refractivity contribution is 0.0830. The molecule has 39 heavy (non-hydrogen) atoms. The largest absolute Gasteiger partial charge is 0.414 e. The Morgan fingerprint density at radius 1 is 0.641 bits per heavy atom. The average molecular weight is 619 g/mol. The Labute approximate surface area is 257 Å². The third-order valence-corrected chi connectivity index (χ3v) is 21.6. The SMILES string of the molecule is CCCCCCCCCCCCC[C@H](C[C@H](CC1SCCCS1)O[Si](C)(C)C(C)(C)C)O[Si](C)(C)C(C)(C)C. The van der Waals surface area contributed by atoms with Crippen LogP contribution in [-0.4, -0.2) is 44.9 Å². The molecular weight excluding hydrogens is 549 g/mol. The number of unbranched alkanes of at least 4 members (excludes halogenated alkanes) is 10. The third kappa shape index (κ3) is 15.9. The molecule has 0 unspecified atom stereocenters. The van der Waals surface area contributed by atoms with E-state index in [0.29, 0.717) is 16.8 Å². The van der Waals surface area contributed by atoms with E-state index in [1.165, 1.54) is 101 Å². The summed E-state index contributed by atoms with van der Waals surface area (Å²) in [6.45, 7) is 26.4. The second-order valence-corrected chi connectivity index (χ2v) is 27.8. The van der Waals surface area contributed by atoms with Crippen molar-refractivity contribution in [2.75, 3.05) is 11.5 Å². The minimum atomic E-state index is -1.85. The van der Waals surface area contributed by atoms with E-state index in [9.17, 15) is 0 Å². The van der Waals surface area contributed by atoms with Crippen molar-refractivity contribution in [3.63, 3.8) is 0 Å². The van der Waals surface area contributed by atoms with Crippen LogP contribution in [0.2, 0.25) is 36.3 Å². The van der Waals surface area contributed by atoms with Crippen LogP contribution < -0.4 is 0 Å². The summed E-state index contributed by atoms with van der Waals surface area (Å²) in [6.07, 6.45) is 20.9. The summed E-state index contributed by atoms with van der Waals surface area (Å²) in [5, 5.41) is 0.483. The highest BCUT2D eigenvalue weighted by Gasteiger charge is 2.42. The molecule has 234 valence electrons. The first-order valence-electron chi connectivity index (χ1n) is 16.7. The molecule has 0 bridgehead atoms. The van der Waals surface area contributed by atoms with Crippen LogP contribution in [0, 0.1) is 0 Å². The summed E-state index contributed by atoms with van der Waals surface area (Å²) in [5.41, 5.74) is 0. The second kappa shape index (κ2) is 18.7. The predicted octanol–water partition coefficient (Wildman–Crippen LogP) is 12.4. The molecule has 0 aromatic rings. The van der Waals surface area contributed by atoms with Gasteiger partial charge in [-0.15, -0.1) is 23.5 Å².